The summed E-state index contributed by atoms with van der Waals surface area (Å²) in [6.07, 6.45) is 9.19. The minimum Gasteiger partial charge on any atom is -1.00 e. The van der Waals surface area contributed by atoms with Crippen molar-refractivity contribution in [3.63, 3.8) is 0 Å². The smallest absolute Gasteiger partial charge is 1.00 e. The minimum absolute atomic E-state index is 0. The number of rotatable bonds is 5. The van der Waals surface area contributed by atoms with Crippen molar-refractivity contribution in [1.29, 1.82) is 0 Å². The van der Waals surface area contributed by atoms with Crippen LogP contribution in [-0.2, 0) is 23.2 Å². The van der Waals surface area contributed by atoms with Gasteiger partial charge in [0.15, 0.2) is 0 Å². The Morgan fingerprint density at radius 3 is 2.65 bits per heavy atom. The average Bonchev–Trinajstić information content (AvgIpc) is 3.05. The molecule has 2 aliphatic carbocycles. The molecular weight excluding hydrogens is 422 g/mol. The van der Waals surface area contributed by atoms with E-state index in [1.807, 2.05) is 0 Å². The van der Waals surface area contributed by atoms with E-state index in [1.165, 1.54) is 17.6 Å². The Morgan fingerprint density at radius 1 is 1.22 bits per heavy atom. The van der Waals surface area contributed by atoms with Crippen LogP contribution in [0.25, 0.3) is 6.08 Å². The van der Waals surface area contributed by atoms with E-state index in [0.717, 1.165) is 6.42 Å². The Hall–Kier alpha value is 0.0800. The third kappa shape index (κ3) is 4.58. The fraction of sp³-hybridized carbons (Fsp3) is 0.333. The summed E-state index contributed by atoms with van der Waals surface area (Å²) in [6, 6.07) is 8.86. The summed E-state index contributed by atoms with van der Waals surface area (Å²) in [6.45, 7) is 5.16. The molecule has 0 spiro atoms. The van der Waals surface area contributed by atoms with Crippen LogP contribution in [0.3, 0.4) is 0 Å². The van der Waals surface area contributed by atoms with Crippen LogP contribution in [0.15, 0.2) is 50.5 Å². The van der Waals surface area contributed by atoms with Crippen LogP contribution in [-0.4, -0.2) is 20.5 Å². The molecule has 1 unspecified atom stereocenters. The number of halogens is 2. The number of allylic oxidation sites excluding steroid dienone is 4. The zero-order valence-corrected chi connectivity index (χ0v) is 18.6. The van der Waals surface area contributed by atoms with Gasteiger partial charge in [0.2, 0.25) is 0 Å². The standard InChI is InChI=1S/C9H15OSi.C9H7.2ClH.Zr/c1-11(2)9-5-3-4-8(9)6-7-10;1-2-5-9-7-3-6-8(9)4-1;;;/h4,10-11H,3,6-7H2,1-2H3;1-7H;2*1H;/q;;;;+2/p-2. The van der Waals surface area contributed by atoms with Crippen LogP contribution in [0, 0.1) is 0 Å². The first kappa shape index (κ1) is 21.1. The molecule has 0 fully saturated rings. The molecule has 1 aromatic carbocycles. The van der Waals surface area contributed by atoms with Gasteiger partial charge >= 0.3 is 141 Å². The predicted octanol–water partition coefficient (Wildman–Crippen LogP) is -2.16. The number of benzene rings is 1. The quantitative estimate of drug-likeness (QED) is 0.513. The zero-order chi connectivity index (χ0) is 14.8. The maximum Gasteiger partial charge on any atom is -1.00 e. The van der Waals surface area contributed by atoms with Crippen molar-refractivity contribution in [3.8, 4) is 0 Å². The Balaban J connectivity index is 0.00000132. The van der Waals surface area contributed by atoms with Crippen molar-refractivity contribution in [2.45, 2.75) is 29.6 Å². The van der Waals surface area contributed by atoms with Crippen molar-refractivity contribution < 1.29 is 53.2 Å². The van der Waals surface area contributed by atoms with E-state index in [-0.39, 0.29) is 24.8 Å². The number of aliphatic hydroxyl groups excluding tert-OH is 1. The van der Waals surface area contributed by atoms with E-state index in [9.17, 15) is 5.11 Å². The van der Waals surface area contributed by atoms with Crippen LogP contribution in [0.4, 0.5) is 0 Å². The molecule has 122 valence electrons. The maximum absolute atomic E-state index is 9.28. The molecule has 1 N–H and O–H groups in total. The normalized spacial score (nSPS) is 18.3. The summed E-state index contributed by atoms with van der Waals surface area (Å²) >= 11 is -0.613. The summed E-state index contributed by atoms with van der Waals surface area (Å²) in [5, 5.41) is 11.0. The van der Waals surface area contributed by atoms with Gasteiger partial charge in [0.25, 0.3) is 0 Å². The maximum atomic E-state index is 9.28. The molecule has 1 nitrogen and oxygen atoms in total. The molecule has 0 saturated heterocycles. The minimum atomic E-state index is -0.799. The van der Waals surface area contributed by atoms with E-state index < -0.39 is 32.0 Å². The van der Waals surface area contributed by atoms with Gasteiger partial charge in [-0.25, -0.2) is 0 Å². The Labute approximate surface area is 165 Å². The molecule has 0 amide bonds. The average molecular weight is 445 g/mol. The molecule has 23 heavy (non-hydrogen) atoms. The molecule has 1 atom stereocenters. The van der Waals surface area contributed by atoms with Crippen LogP contribution in [0.1, 0.15) is 27.6 Å². The van der Waals surface area contributed by atoms with E-state index in [0.29, 0.717) is 10.2 Å². The van der Waals surface area contributed by atoms with Gasteiger partial charge in [-0.2, -0.15) is 0 Å². The summed E-state index contributed by atoms with van der Waals surface area (Å²) in [5.74, 6) is 0. The van der Waals surface area contributed by atoms with Gasteiger partial charge in [0, 0.05) is 0 Å². The second-order valence-electron chi connectivity index (χ2n) is 6.06. The summed E-state index contributed by atoms with van der Waals surface area (Å²) in [5.41, 5.74) is 4.45. The second-order valence-corrected chi connectivity index (χ2v) is 12.7. The molecule has 0 bridgehead atoms. The van der Waals surface area contributed by atoms with Crippen LogP contribution < -0.4 is 24.8 Å². The van der Waals surface area contributed by atoms with Gasteiger partial charge in [-0.3, -0.25) is 0 Å². The van der Waals surface area contributed by atoms with Crippen LogP contribution in [0.5, 0.6) is 0 Å². The second kappa shape index (κ2) is 9.53. The molecular formula is C18H22Cl2OSiZr. The van der Waals surface area contributed by atoms with Crippen molar-refractivity contribution in [1.82, 2.24) is 0 Å². The fourth-order valence-electron chi connectivity index (χ4n) is 3.42. The van der Waals surface area contributed by atoms with Crippen molar-refractivity contribution >= 4 is 14.9 Å². The van der Waals surface area contributed by atoms with Crippen molar-refractivity contribution in [3.05, 3.63) is 61.6 Å². The topological polar surface area (TPSA) is 20.2 Å². The Bertz CT molecular complexity index is 638. The van der Waals surface area contributed by atoms with Crippen LogP contribution in [0.2, 0.25) is 13.1 Å². The first-order valence-corrected chi connectivity index (χ1v) is 13.3. The third-order valence-corrected chi connectivity index (χ3v) is 10.9. The molecule has 0 aliphatic heterocycles. The number of fused-ring (bicyclic) bond motifs is 1. The molecule has 1 aromatic rings. The first-order valence-electron chi connectivity index (χ1n) is 7.77. The van der Waals surface area contributed by atoms with Gasteiger partial charge in [0.1, 0.15) is 0 Å². The molecule has 0 heterocycles. The monoisotopic (exact) mass is 442 g/mol. The van der Waals surface area contributed by atoms with Gasteiger partial charge in [-0.15, -0.1) is 0 Å². The van der Waals surface area contributed by atoms with Gasteiger partial charge < -0.3 is 24.8 Å². The largest absolute Gasteiger partial charge is 1.00 e. The summed E-state index contributed by atoms with van der Waals surface area (Å²) < 4.78 is 2.51. The Morgan fingerprint density at radius 2 is 1.96 bits per heavy atom. The molecule has 5 heteroatoms. The van der Waals surface area contributed by atoms with E-state index in [2.05, 4.69) is 55.6 Å². The van der Waals surface area contributed by atoms with Crippen molar-refractivity contribution in [2.75, 3.05) is 6.61 Å². The molecule has 3 rings (SSSR count). The number of aliphatic hydroxyl groups is 1. The van der Waals surface area contributed by atoms with Crippen molar-refractivity contribution in [2.24, 2.45) is 0 Å². The molecule has 2 aliphatic rings. The number of hydrogen-bond acceptors (Lipinski definition) is 1. The fourth-order valence-corrected chi connectivity index (χ4v) is 11.6. The van der Waals surface area contributed by atoms with Gasteiger partial charge in [-0.05, 0) is 0 Å². The third-order valence-electron chi connectivity index (χ3n) is 4.31. The van der Waals surface area contributed by atoms with Crippen LogP contribution >= 0.6 is 0 Å². The predicted molar refractivity (Wildman–Crippen MR) is 88.5 cm³/mol. The molecule has 0 saturated carbocycles. The molecule has 0 aromatic heterocycles. The summed E-state index contributed by atoms with van der Waals surface area (Å²) in [4.78, 5) is 0. The molecule has 0 radical (unpaired) electrons. The summed E-state index contributed by atoms with van der Waals surface area (Å²) in [7, 11) is -0.799. The van der Waals surface area contributed by atoms with E-state index >= 15 is 0 Å². The van der Waals surface area contributed by atoms with E-state index in [4.69, 9.17) is 0 Å². The van der Waals surface area contributed by atoms with E-state index in [1.54, 1.807) is 14.0 Å². The SMILES string of the molecule is C[SiH](C)C1=[C]([Zr+2][CH]2C=Cc3ccccc32)CC=C1CCO.[Cl-].[Cl-]. The zero-order valence-electron chi connectivity index (χ0n) is 13.5. The van der Waals surface area contributed by atoms with Gasteiger partial charge in [0.05, 0.1) is 0 Å². The first-order chi connectivity index (χ1) is 10.2. The number of hydrogen-bond donors (Lipinski definition) is 1. The van der Waals surface area contributed by atoms with Gasteiger partial charge in [-0.1, -0.05) is 0 Å². The Kier molecular flexibility index (Phi) is 8.76.